The maximum atomic E-state index is 12.2. The van der Waals surface area contributed by atoms with Gasteiger partial charge in [-0.05, 0) is 49.9 Å². The Bertz CT molecular complexity index is 308. The van der Waals surface area contributed by atoms with Crippen LogP contribution in [0.25, 0.3) is 0 Å². The lowest BCUT2D eigenvalue weighted by Crippen LogP contribution is -2.33. The maximum Gasteiger partial charge on any atom is 0.223 e. The number of hydrogen-bond donors (Lipinski definition) is 1. The molecule has 0 aromatic carbocycles. The quantitative estimate of drug-likeness (QED) is 0.794. The molecule has 3 saturated carbocycles. The van der Waals surface area contributed by atoms with Crippen molar-refractivity contribution in [3.05, 3.63) is 0 Å². The second kappa shape index (κ2) is 5.52. The first kappa shape index (κ1) is 13.0. The smallest absolute Gasteiger partial charge is 0.223 e. The van der Waals surface area contributed by atoms with E-state index in [9.17, 15) is 4.79 Å². The van der Waals surface area contributed by atoms with Gasteiger partial charge in [-0.3, -0.25) is 4.79 Å². The largest absolute Gasteiger partial charge is 0.356 e. The molecule has 1 N–H and O–H groups in total. The number of rotatable bonds is 3. The fourth-order valence-corrected chi connectivity index (χ4v) is 5.01. The second-order valence-electron chi connectivity index (χ2n) is 6.51. The highest BCUT2D eigenvalue weighted by Gasteiger charge is 2.54. The van der Waals surface area contributed by atoms with Crippen molar-refractivity contribution in [2.45, 2.75) is 56.2 Å². The van der Waals surface area contributed by atoms with E-state index in [0.29, 0.717) is 22.6 Å². The number of amides is 1. The molecule has 0 radical (unpaired) electrons. The van der Waals surface area contributed by atoms with Crippen LogP contribution in [0, 0.1) is 23.7 Å². The van der Waals surface area contributed by atoms with Gasteiger partial charge in [0.25, 0.3) is 0 Å². The first-order valence-corrected chi connectivity index (χ1v) is 8.59. The molecule has 3 heteroatoms. The summed E-state index contributed by atoms with van der Waals surface area (Å²) < 4.78 is 0. The van der Waals surface area contributed by atoms with E-state index in [1.807, 2.05) is 0 Å². The Morgan fingerprint density at radius 2 is 1.78 bits per heavy atom. The van der Waals surface area contributed by atoms with Crippen molar-refractivity contribution in [2.24, 2.45) is 23.7 Å². The number of carbonyl (C=O) groups excluding carboxylic acids is 1. The highest BCUT2D eigenvalue weighted by Crippen LogP contribution is 2.55. The van der Waals surface area contributed by atoms with Crippen LogP contribution in [0.15, 0.2) is 0 Å². The molecular weight excluding hydrogens is 290 g/mol. The van der Waals surface area contributed by atoms with E-state index in [1.165, 1.54) is 51.4 Å². The maximum absolute atomic E-state index is 12.2. The number of halogens is 1. The van der Waals surface area contributed by atoms with Crippen molar-refractivity contribution in [3.8, 4) is 0 Å². The predicted octanol–water partition coefficient (Wildman–Crippen LogP) is 3.49. The first-order valence-electron chi connectivity index (χ1n) is 7.67. The van der Waals surface area contributed by atoms with Gasteiger partial charge in [0.15, 0.2) is 0 Å². The summed E-state index contributed by atoms with van der Waals surface area (Å²) in [6, 6.07) is 0. The zero-order valence-corrected chi connectivity index (χ0v) is 12.6. The average molecular weight is 314 g/mol. The van der Waals surface area contributed by atoms with E-state index in [0.717, 1.165) is 18.4 Å². The second-order valence-corrected chi connectivity index (χ2v) is 7.81. The molecule has 18 heavy (non-hydrogen) atoms. The van der Waals surface area contributed by atoms with Crippen LogP contribution in [0.4, 0.5) is 0 Å². The molecule has 4 atom stereocenters. The van der Waals surface area contributed by atoms with Crippen LogP contribution in [0.2, 0.25) is 0 Å². The zero-order chi connectivity index (χ0) is 12.5. The minimum absolute atomic E-state index is 0.364. The van der Waals surface area contributed by atoms with Crippen molar-refractivity contribution in [1.29, 1.82) is 0 Å². The molecule has 0 aromatic rings. The topological polar surface area (TPSA) is 29.1 Å². The molecule has 3 fully saturated rings. The lowest BCUT2D eigenvalue weighted by atomic mass is 9.89. The van der Waals surface area contributed by atoms with Crippen LogP contribution >= 0.6 is 15.9 Å². The van der Waals surface area contributed by atoms with E-state index in [-0.39, 0.29) is 0 Å². The SMILES string of the molecule is O=C(NCC1CCCC(Br)C1)C1C2CCCCC21. The average Bonchev–Trinajstić information content (AvgIpc) is 3.10. The van der Waals surface area contributed by atoms with Crippen LogP contribution in [-0.4, -0.2) is 17.3 Å². The van der Waals surface area contributed by atoms with Gasteiger partial charge >= 0.3 is 0 Å². The summed E-state index contributed by atoms with van der Waals surface area (Å²) in [5, 5.41) is 3.23. The Morgan fingerprint density at radius 3 is 2.44 bits per heavy atom. The molecule has 0 bridgehead atoms. The van der Waals surface area contributed by atoms with E-state index in [4.69, 9.17) is 0 Å². The highest BCUT2D eigenvalue weighted by molar-refractivity contribution is 9.09. The monoisotopic (exact) mass is 313 g/mol. The van der Waals surface area contributed by atoms with E-state index in [2.05, 4.69) is 21.2 Å². The molecule has 3 rings (SSSR count). The summed E-state index contributed by atoms with van der Waals surface area (Å²) in [5.74, 6) is 2.94. The van der Waals surface area contributed by atoms with Crippen molar-refractivity contribution in [3.63, 3.8) is 0 Å². The summed E-state index contributed by atoms with van der Waals surface area (Å²) in [6.07, 6.45) is 10.4. The lowest BCUT2D eigenvalue weighted by molar-refractivity contribution is -0.123. The Labute approximate surface area is 118 Å². The lowest BCUT2D eigenvalue weighted by Gasteiger charge is -2.25. The van der Waals surface area contributed by atoms with Crippen molar-refractivity contribution >= 4 is 21.8 Å². The van der Waals surface area contributed by atoms with Gasteiger partial charge in [-0.2, -0.15) is 0 Å². The summed E-state index contributed by atoms with van der Waals surface area (Å²) in [4.78, 5) is 12.9. The van der Waals surface area contributed by atoms with Gasteiger partial charge in [0.05, 0.1) is 0 Å². The first-order chi connectivity index (χ1) is 8.75. The summed E-state index contributed by atoms with van der Waals surface area (Å²) >= 11 is 3.71. The highest BCUT2D eigenvalue weighted by atomic mass is 79.9. The van der Waals surface area contributed by atoms with Crippen molar-refractivity contribution in [2.75, 3.05) is 6.54 Å². The zero-order valence-electron chi connectivity index (χ0n) is 11.0. The molecule has 0 spiro atoms. The minimum atomic E-state index is 0.364. The fourth-order valence-electron chi connectivity index (χ4n) is 4.15. The van der Waals surface area contributed by atoms with Gasteiger partial charge in [-0.15, -0.1) is 0 Å². The fraction of sp³-hybridized carbons (Fsp3) is 0.933. The predicted molar refractivity (Wildman–Crippen MR) is 76.6 cm³/mol. The van der Waals surface area contributed by atoms with Crippen molar-refractivity contribution < 1.29 is 4.79 Å². The third kappa shape index (κ3) is 2.76. The standard InChI is InChI=1S/C15H24BrNO/c16-11-5-3-4-10(8-11)9-17-15(18)14-12-6-1-2-7-13(12)14/h10-14H,1-9H2,(H,17,18). The molecular formula is C15H24BrNO. The Balaban J connectivity index is 1.42. The van der Waals surface area contributed by atoms with Crippen LogP contribution in [0.3, 0.4) is 0 Å². The van der Waals surface area contributed by atoms with Gasteiger partial charge < -0.3 is 5.32 Å². The molecule has 2 nitrogen and oxygen atoms in total. The Hall–Kier alpha value is -0.0500. The van der Waals surface area contributed by atoms with Gasteiger partial charge in [0.1, 0.15) is 0 Å². The number of alkyl halides is 1. The van der Waals surface area contributed by atoms with Crippen LogP contribution in [0.5, 0.6) is 0 Å². The molecule has 3 aliphatic carbocycles. The molecule has 102 valence electrons. The van der Waals surface area contributed by atoms with Crippen LogP contribution < -0.4 is 5.32 Å². The molecule has 0 aliphatic heterocycles. The normalized spacial score (nSPS) is 43.1. The van der Waals surface area contributed by atoms with E-state index in [1.54, 1.807) is 0 Å². The number of hydrogen-bond acceptors (Lipinski definition) is 1. The Kier molecular flexibility index (Phi) is 3.97. The van der Waals surface area contributed by atoms with Gasteiger partial charge in [0.2, 0.25) is 5.91 Å². The molecule has 0 heterocycles. The van der Waals surface area contributed by atoms with Crippen LogP contribution in [0.1, 0.15) is 51.4 Å². The summed E-state index contributed by atoms with van der Waals surface area (Å²) in [5.41, 5.74) is 0. The van der Waals surface area contributed by atoms with Crippen molar-refractivity contribution in [1.82, 2.24) is 5.32 Å². The molecule has 4 unspecified atom stereocenters. The molecule has 0 aromatic heterocycles. The third-order valence-electron chi connectivity index (χ3n) is 5.24. The van der Waals surface area contributed by atoms with Gasteiger partial charge in [-0.1, -0.05) is 35.2 Å². The van der Waals surface area contributed by atoms with E-state index >= 15 is 0 Å². The van der Waals surface area contributed by atoms with Gasteiger partial charge in [0, 0.05) is 17.3 Å². The number of nitrogens with one attached hydrogen (secondary N) is 1. The Morgan fingerprint density at radius 1 is 1.06 bits per heavy atom. The third-order valence-corrected chi connectivity index (χ3v) is 6.07. The summed E-state index contributed by atoms with van der Waals surface area (Å²) in [6.45, 7) is 0.914. The van der Waals surface area contributed by atoms with E-state index < -0.39 is 0 Å². The minimum Gasteiger partial charge on any atom is -0.356 e. The number of fused-ring (bicyclic) bond motifs is 1. The molecule has 3 aliphatic rings. The summed E-state index contributed by atoms with van der Waals surface area (Å²) in [7, 11) is 0. The molecule has 0 saturated heterocycles. The number of carbonyl (C=O) groups is 1. The molecule has 1 amide bonds. The van der Waals surface area contributed by atoms with Gasteiger partial charge in [-0.25, -0.2) is 0 Å². The van der Waals surface area contributed by atoms with Crippen LogP contribution in [-0.2, 0) is 4.79 Å².